The van der Waals surface area contributed by atoms with Gasteiger partial charge < -0.3 is 8.98 Å². The predicted molar refractivity (Wildman–Crippen MR) is 264 cm³/mol. The lowest BCUT2D eigenvalue weighted by molar-refractivity contribution is 0.668. The lowest BCUT2D eigenvalue weighted by Gasteiger charge is -2.20. The summed E-state index contributed by atoms with van der Waals surface area (Å²) in [5.74, 6) is 0.783. The minimum absolute atomic E-state index is 0.0929. The van der Waals surface area contributed by atoms with Crippen LogP contribution >= 0.6 is 11.3 Å². The summed E-state index contributed by atoms with van der Waals surface area (Å²) < 4.78 is 11.7. The standard InChI is InChI=1S/C57H37N3OS/c1-34-25-28-48(58-57(44-21-12-16-35-13-4-5-17-39(35)44)59-56(34)38-26-27-43-42-20-8-11-24-54(42)62-55(43)31-38)47-33-53-46(41-19-7-10-23-52(41)61-53)32-51(47)60-49-22-9-6-18-40(49)45-29-36-14-2-3-15-37(36)30-50(45)60/h2-24,26-34H,25H2,1H3/b48-28+,58-57?,59-56?. The van der Waals surface area contributed by atoms with Gasteiger partial charge in [0.05, 0.1) is 28.1 Å². The molecule has 5 heteroatoms. The molecule has 0 saturated heterocycles. The summed E-state index contributed by atoms with van der Waals surface area (Å²) in [6.45, 7) is 2.30. The molecule has 0 fully saturated rings. The van der Waals surface area contributed by atoms with Crippen LogP contribution in [0.3, 0.4) is 0 Å². The first-order valence-electron chi connectivity index (χ1n) is 21.3. The van der Waals surface area contributed by atoms with Gasteiger partial charge in [-0.2, -0.15) is 0 Å². The van der Waals surface area contributed by atoms with Gasteiger partial charge in [-0.25, -0.2) is 9.98 Å². The Balaban J connectivity index is 1.10. The maximum Gasteiger partial charge on any atom is 0.160 e. The van der Waals surface area contributed by atoms with Crippen LogP contribution in [0, 0.1) is 5.92 Å². The molecule has 9 aromatic carbocycles. The molecular weight excluding hydrogens is 775 g/mol. The number of rotatable bonds is 4. The van der Waals surface area contributed by atoms with Crippen molar-refractivity contribution in [3.05, 3.63) is 205 Å². The second kappa shape index (κ2) is 13.7. The van der Waals surface area contributed by atoms with E-state index in [0.29, 0.717) is 5.84 Å². The van der Waals surface area contributed by atoms with Gasteiger partial charge in [0.15, 0.2) is 5.84 Å². The first-order valence-corrected chi connectivity index (χ1v) is 22.1. The van der Waals surface area contributed by atoms with E-state index in [1.807, 2.05) is 17.4 Å². The fourth-order valence-electron chi connectivity index (χ4n) is 9.82. The Kier molecular flexibility index (Phi) is 7.78. The SMILES string of the molecule is CC1C/C=C(\c2cc3oc4ccccc4c3cc2-n2c3ccccc3c3cc4ccccc4cc32)N=C(c2cccc3ccccc23)N=C1c1ccc2c(c1)sc1ccccc12. The zero-order chi connectivity index (χ0) is 40.9. The van der Waals surface area contributed by atoms with Crippen molar-refractivity contribution in [2.45, 2.75) is 13.3 Å². The Bertz CT molecular complexity index is 3930. The summed E-state index contributed by atoms with van der Waals surface area (Å²) in [7, 11) is 0. The van der Waals surface area contributed by atoms with E-state index in [4.69, 9.17) is 14.4 Å². The lowest BCUT2D eigenvalue weighted by Crippen LogP contribution is -2.17. The van der Waals surface area contributed by atoms with E-state index in [9.17, 15) is 0 Å². The van der Waals surface area contributed by atoms with Gasteiger partial charge in [0.1, 0.15) is 11.2 Å². The molecule has 292 valence electrons. The van der Waals surface area contributed by atoms with Gasteiger partial charge in [-0.1, -0.05) is 146 Å². The Morgan fingerprint density at radius 3 is 2.10 bits per heavy atom. The third-order valence-corrected chi connectivity index (χ3v) is 14.0. The molecule has 4 heterocycles. The van der Waals surface area contributed by atoms with Gasteiger partial charge in [0.2, 0.25) is 0 Å². The quantitative estimate of drug-likeness (QED) is 0.175. The summed E-state index contributed by atoms with van der Waals surface area (Å²) >= 11 is 1.84. The second-order valence-electron chi connectivity index (χ2n) is 16.5. The molecule has 0 saturated carbocycles. The highest BCUT2D eigenvalue weighted by Gasteiger charge is 2.24. The third-order valence-electron chi connectivity index (χ3n) is 12.8. The number of thiophene rings is 1. The van der Waals surface area contributed by atoms with Gasteiger partial charge in [-0.15, -0.1) is 11.3 Å². The van der Waals surface area contributed by atoms with Crippen LogP contribution in [0.15, 0.2) is 202 Å². The average Bonchev–Trinajstić information content (AvgIpc) is 3.98. The Morgan fingerprint density at radius 1 is 0.500 bits per heavy atom. The number of fused-ring (bicyclic) bond motifs is 11. The van der Waals surface area contributed by atoms with E-state index < -0.39 is 0 Å². The monoisotopic (exact) mass is 811 g/mol. The minimum atomic E-state index is 0.0929. The van der Waals surface area contributed by atoms with Crippen molar-refractivity contribution in [1.82, 2.24) is 4.57 Å². The van der Waals surface area contributed by atoms with E-state index >= 15 is 0 Å². The van der Waals surface area contributed by atoms with E-state index in [2.05, 4.69) is 193 Å². The Morgan fingerprint density at radius 2 is 1.21 bits per heavy atom. The van der Waals surface area contributed by atoms with Gasteiger partial charge in [-0.05, 0) is 82.1 Å². The summed E-state index contributed by atoms with van der Waals surface area (Å²) in [6.07, 6.45) is 3.08. The Labute approximate surface area is 361 Å². The zero-order valence-corrected chi connectivity index (χ0v) is 34.7. The maximum atomic E-state index is 6.66. The summed E-state index contributed by atoms with van der Waals surface area (Å²) in [4.78, 5) is 11.4. The molecule has 4 nitrogen and oxygen atoms in total. The van der Waals surface area contributed by atoms with Crippen molar-refractivity contribution in [2.75, 3.05) is 0 Å². The number of amidine groups is 1. The van der Waals surface area contributed by atoms with Crippen molar-refractivity contribution < 1.29 is 4.42 Å². The predicted octanol–water partition coefficient (Wildman–Crippen LogP) is 15.7. The van der Waals surface area contributed by atoms with Gasteiger partial charge in [-0.3, -0.25) is 0 Å². The zero-order valence-electron chi connectivity index (χ0n) is 33.8. The van der Waals surface area contributed by atoms with Crippen LogP contribution in [0.1, 0.15) is 30.0 Å². The van der Waals surface area contributed by atoms with Crippen LogP contribution in [0.5, 0.6) is 0 Å². The number of hydrogen-bond donors (Lipinski definition) is 0. The summed E-state index contributed by atoms with van der Waals surface area (Å²) in [6, 6.07) is 65.5. The molecule has 13 rings (SSSR count). The van der Waals surface area contributed by atoms with Crippen LogP contribution in [0.4, 0.5) is 0 Å². The van der Waals surface area contributed by atoms with Gasteiger partial charge >= 0.3 is 0 Å². The number of furan rings is 1. The highest BCUT2D eigenvalue weighted by molar-refractivity contribution is 7.25. The van der Waals surface area contributed by atoms with E-state index in [1.165, 1.54) is 41.7 Å². The molecule has 0 N–H and O–H groups in total. The highest BCUT2D eigenvalue weighted by atomic mass is 32.1. The van der Waals surface area contributed by atoms with E-state index in [-0.39, 0.29) is 5.92 Å². The molecule has 12 aromatic rings. The summed E-state index contributed by atoms with van der Waals surface area (Å²) in [5, 5.41) is 11.9. The number of para-hydroxylation sites is 2. The van der Waals surface area contributed by atoms with Crippen LogP contribution in [-0.2, 0) is 0 Å². The fourth-order valence-corrected chi connectivity index (χ4v) is 11.0. The molecule has 62 heavy (non-hydrogen) atoms. The molecule has 1 atom stereocenters. The molecule has 0 amide bonds. The number of aromatic nitrogens is 1. The molecular formula is C57H37N3OS. The smallest absolute Gasteiger partial charge is 0.160 e. The van der Waals surface area contributed by atoms with Gasteiger partial charge in [0.25, 0.3) is 0 Å². The first kappa shape index (κ1) is 35.2. The minimum Gasteiger partial charge on any atom is -0.456 e. The summed E-state index contributed by atoms with van der Waals surface area (Å²) in [5.41, 5.74) is 10.0. The molecule has 0 spiro atoms. The number of allylic oxidation sites excluding steroid dienone is 1. The molecule has 0 radical (unpaired) electrons. The highest BCUT2D eigenvalue weighted by Crippen LogP contribution is 2.42. The average molecular weight is 812 g/mol. The number of hydrogen-bond acceptors (Lipinski definition) is 4. The molecule has 1 aliphatic rings. The number of aliphatic imine (C=N–C) groups is 2. The first-order chi connectivity index (χ1) is 30.6. The number of nitrogens with zero attached hydrogens (tertiary/aromatic N) is 3. The van der Waals surface area contributed by atoms with Crippen molar-refractivity contribution >= 4 is 114 Å². The fraction of sp³-hybridized carbons (Fsp3) is 0.0526. The van der Waals surface area contributed by atoms with Crippen LogP contribution in [-0.4, -0.2) is 16.1 Å². The molecule has 1 unspecified atom stereocenters. The van der Waals surface area contributed by atoms with Crippen molar-refractivity contribution in [3.8, 4) is 5.69 Å². The van der Waals surface area contributed by atoms with Crippen LogP contribution < -0.4 is 0 Å². The van der Waals surface area contributed by atoms with Crippen molar-refractivity contribution in [2.24, 2.45) is 15.9 Å². The lowest BCUT2D eigenvalue weighted by atomic mass is 9.92. The molecule has 0 bridgehead atoms. The van der Waals surface area contributed by atoms with Gasteiger partial charge in [0, 0.05) is 58.8 Å². The normalized spacial score (nSPS) is 15.8. The molecule has 3 aromatic heterocycles. The Hall–Kier alpha value is -7.60. The topological polar surface area (TPSA) is 42.8 Å². The third kappa shape index (κ3) is 5.45. The van der Waals surface area contributed by atoms with E-state index in [1.54, 1.807) is 0 Å². The van der Waals surface area contributed by atoms with Crippen molar-refractivity contribution in [3.63, 3.8) is 0 Å². The van der Waals surface area contributed by atoms with E-state index in [0.717, 1.165) is 84.0 Å². The molecule has 1 aliphatic heterocycles. The largest absolute Gasteiger partial charge is 0.456 e. The molecule has 0 aliphatic carbocycles. The number of benzene rings is 9. The van der Waals surface area contributed by atoms with Crippen LogP contribution in [0.2, 0.25) is 0 Å². The van der Waals surface area contributed by atoms with Crippen LogP contribution in [0.25, 0.3) is 96.8 Å². The maximum absolute atomic E-state index is 6.66. The second-order valence-corrected chi connectivity index (χ2v) is 17.6. The van der Waals surface area contributed by atoms with Crippen molar-refractivity contribution in [1.29, 1.82) is 0 Å².